The molecule has 29 heteroatoms. The average Bonchev–Trinajstić information content (AvgIpc) is 1.67. The summed E-state index contributed by atoms with van der Waals surface area (Å²) in [5, 5.41) is 25.1. The Hall–Kier alpha value is -10.2. The molecule has 506 valence electrons. The number of primary amides is 1. The maximum absolute atomic E-state index is 14.0. The third kappa shape index (κ3) is 24.0. The number of benzene rings is 3. The standard InChI is InChI=1S/C66H81N13O16/c1-41(2)59(78-63(86)51(20-23-58(83)84)73-54(80)24-28-90-31-33-92-35-36-93-34-32-91-30-27-79-56(81)21-22-57(79)82)64(87)75-50(13-8-25-68-65(67)88)62(85)72-47-17-14-44(15-18-47)40-95-66(89)69-26-29-94-55-39-70-48-19-16-46(37-52(48)74-55)60-61(49-12-7-10-43(4)71-49)77-53(76-60)38-45-11-6-5-9-42(45)3/h5-7,9-12,14-19,21-22,37,39,41,50-51,59H,8,13,20,23-36,38,40H2,1-4H3,(H,69,89)(H,72,85)(H,73,80)(H,75,87)(H,76,77)(H,78,86)(H,83,84)(H3,67,68,88)/t50-,51-,59-/m0/s1. The molecule has 6 aromatic rings. The molecule has 95 heavy (non-hydrogen) atoms. The molecular formula is C66H81N13O16. The van der Waals surface area contributed by atoms with E-state index in [4.69, 9.17) is 49.1 Å². The Bertz CT molecular complexity index is 3620. The summed E-state index contributed by atoms with van der Waals surface area (Å²) in [4.78, 5) is 137. The van der Waals surface area contributed by atoms with Crippen molar-refractivity contribution in [2.24, 2.45) is 11.7 Å². The lowest BCUT2D eigenvalue weighted by atomic mass is 10.0. The second-order valence-corrected chi connectivity index (χ2v) is 22.3. The largest absolute Gasteiger partial charge is 0.481 e. The van der Waals surface area contributed by atoms with Gasteiger partial charge < -0.3 is 76.1 Å². The number of ether oxygens (including phenoxy) is 6. The number of nitrogens with one attached hydrogen (secondary N) is 7. The van der Waals surface area contributed by atoms with Gasteiger partial charge in [-0.05, 0) is 92.1 Å². The van der Waals surface area contributed by atoms with E-state index in [2.05, 4.69) is 60.9 Å². The summed E-state index contributed by atoms with van der Waals surface area (Å²) in [7, 11) is 0. The zero-order valence-corrected chi connectivity index (χ0v) is 53.4. The van der Waals surface area contributed by atoms with Crippen molar-refractivity contribution in [3.05, 3.63) is 131 Å². The van der Waals surface area contributed by atoms with E-state index >= 15 is 0 Å². The lowest BCUT2D eigenvalue weighted by molar-refractivity contribution is -0.139. The van der Waals surface area contributed by atoms with Gasteiger partial charge in [-0.25, -0.2) is 24.5 Å². The third-order valence-electron chi connectivity index (χ3n) is 14.6. The number of urea groups is 1. The number of alkyl carbamates (subject to hydrolysis) is 1. The number of aryl methyl sites for hydroxylation is 2. The summed E-state index contributed by atoms with van der Waals surface area (Å²) in [6.07, 6.45) is 3.03. The highest BCUT2D eigenvalue weighted by atomic mass is 16.6. The van der Waals surface area contributed by atoms with Crippen molar-refractivity contribution in [2.45, 2.75) is 91.0 Å². The predicted molar refractivity (Wildman–Crippen MR) is 346 cm³/mol. The fourth-order valence-corrected chi connectivity index (χ4v) is 9.58. The highest BCUT2D eigenvalue weighted by molar-refractivity contribution is 6.12. The highest BCUT2D eigenvalue weighted by Crippen LogP contribution is 2.32. The predicted octanol–water partition coefficient (Wildman–Crippen LogP) is 4.34. The van der Waals surface area contributed by atoms with Crippen LogP contribution in [0.5, 0.6) is 5.88 Å². The number of carboxylic acids is 1. The maximum atomic E-state index is 14.0. The van der Waals surface area contributed by atoms with Gasteiger partial charge >= 0.3 is 18.1 Å². The summed E-state index contributed by atoms with van der Waals surface area (Å²) in [5.41, 5.74) is 13.6. The summed E-state index contributed by atoms with van der Waals surface area (Å²) in [6, 6.07) is 21.5. The van der Waals surface area contributed by atoms with E-state index in [1.54, 1.807) is 38.1 Å². The zero-order chi connectivity index (χ0) is 68.1. The van der Waals surface area contributed by atoms with Crippen LogP contribution in [-0.2, 0) is 70.3 Å². The minimum Gasteiger partial charge on any atom is -0.481 e. The first-order valence-electron chi connectivity index (χ1n) is 31.1. The Morgan fingerprint density at radius 2 is 1.37 bits per heavy atom. The summed E-state index contributed by atoms with van der Waals surface area (Å²) < 4.78 is 33.1. The molecule has 0 saturated carbocycles. The first-order valence-corrected chi connectivity index (χ1v) is 31.1. The number of aromatic amines is 1. The van der Waals surface area contributed by atoms with Crippen molar-refractivity contribution < 1.29 is 76.7 Å². The van der Waals surface area contributed by atoms with Gasteiger partial charge in [0.15, 0.2) is 0 Å². The number of amides is 9. The molecule has 3 aromatic heterocycles. The number of aromatic nitrogens is 5. The first-order chi connectivity index (χ1) is 45.8. The second kappa shape index (κ2) is 37.5. The van der Waals surface area contributed by atoms with E-state index in [1.807, 2.05) is 55.5 Å². The molecule has 4 heterocycles. The number of imide groups is 1. The molecule has 0 spiro atoms. The van der Waals surface area contributed by atoms with E-state index < -0.39 is 72.2 Å². The van der Waals surface area contributed by atoms with Crippen molar-refractivity contribution >= 4 is 70.3 Å². The number of H-pyrrole nitrogens is 1. The van der Waals surface area contributed by atoms with Gasteiger partial charge in [0.2, 0.25) is 29.5 Å². The molecule has 7 rings (SSSR count). The van der Waals surface area contributed by atoms with Gasteiger partial charge in [-0.2, -0.15) is 0 Å². The number of nitrogens with two attached hydrogens (primary N) is 1. The molecule has 10 N–H and O–H groups in total. The van der Waals surface area contributed by atoms with Gasteiger partial charge in [0, 0.05) is 54.9 Å². The molecular weight excluding hydrogens is 1230 g/mol. The van der Waals surface area contributed by atoms with Crippen molar-refractivity contribution in [1.82, 2.24) is 56.4 Å². The molecule has 9 amide bonds. The van der Waals surface area contributed by atoms with Crippen molar-refractivity contribution in [3.63, 3.8) is 0 Å². The van der Waals surface area contributed by atoms with E-state index in [9.17, 15) is 48.3 Å². The number of carbonyl (C=O) groups is 9. The van der Waals surface area contributed by atoms with Crippen LogP contribution in [0, 0.1) is 19.8 Å². The molecule has 29 nitrogen and oxygen atoms in total. The van der Waals surface area contributed by atoms with E-state index in [0.29, 0.717) is 28.7 Å². The van der Waals surface area contributed by atoms with Crippen LogP contribution in [-0.4, -0.2) is 186 Å². The number of hydrogen-bond donors (Lipinski definition) is 9. The molecule has 0 radical (unpaired) electrons. The fourth-order valence-electron chi connectivity index (χ4n) is 9.58. The topological polar surface area (TPSA) is 398 Å². The summed E-state index contributed by atoms with van der Waals surface area (Å²) in [6.45, 7) is 9.00. The van der Waals surface area contributed by atoms with Crippen LogP contribution in [0.4, 0.5) is 15.3 Å². The van der Waals surface area contributed by atoms with Crippen molar-refractivity contribution in [2.75, 3.05) is 84.4 Å². The van der Waals surface area contributed by atoms with Crippen LogP contribution < -0.4 is 42.4 Å². The lowest BCUT2D eigenvalue weighted by Gasteiger charge is -2.27. The molecule has 3 aromatic carbocycles. The van der Waals surface area contributed by atoms with Gasteiger partial charge in [-0.15, -0.1) is 0 Å². The average molecular weight is 1310 g/mol. The quantitative estimate of drug-likeness (QED) is 0.0191. The molecule has 3 atom stereocenters. The SMILES string of the molecule is Cc1cccc(-c2[nH]c(Cc3ccccc3C)nc2-c2ccc3ncc(OCCNC(=O)OCc4ccc(NC(=O)[C@H](CCCNC(N)=O)NC(=O)[C@@H](NC(=O)[C@H](CCC(=O)O)NC(=O)CCOCCOCCOCCOCCN5C(=O)C=CC5=O)C(C)C)cc4)nc3c2)n1. The van der Waals surface area contributed by atoms with Crippen LogP contribution in [0.3, 0.4) is 0 Å². The number of aliphatic carboxylic acids is 1. The first kappa shape index (κ1) is 72.2. The highest BCUT2D eigenvalue weighted by Gasteiger charge is 2.32. The molecule has 0 aliphatic carbocycles. The summed E-state index contributed by atoms with van der Waals surface area (Å²) >= 11 is 0. The monoisotopic (exact) mass is 1310 g/mol. The van der Waals surface area contributed by atoms with Crippen LogP contribution in [0.2, 0.25) is 0 Å². The van der Waals surface area contributed by atoms with Gasteiger partial charge in [0.25, 0.3) is 11.8 Å². The Kier molecular flexibility index (Phi) is 28.5. The number of carbonyl (C=O) groups excluding carboxylic acids is 8. The molecule has 1 aliphatic rings. The van der Waals surface area contributed by atoms with E-state index in [1.165, 1.54) is 18.3 Å². The molecule has 0 unspecified atom stereocenters. The molecule has 0 bridgehead atoms. The van der Waals surface area contributed by atoms with Gasteiger partial charge in [-0.3, -0.25) is 43.4 Å². The number of fused-ring (bicyclic) bond motifs is 1. The second-order valence-electron chi connectivity index (χ2n) is 22.3. The van der Waals surface area contributed by atoms with Gasteiger partial charge in [0.1, 0.15) is 37.2 Å². The minimum absolute atomic E-state index is 0.0165. The molecule has 0 saturated heterocycles. The van der Waals surface area contributed by atoms with E-state index in [0.717, 1.165) is 50.2 Å². The maximum Gasteiger partial charge on any atom is 0.407 e. The van der Waals surface area contributed by atoms with Crippen LogP contribution in [0.1, 0.15) is 74.2 Å². The lowest BCUT2D eigenvalue weighted by Crippen LogP contribution is -2.58. The third-order valence-corrected chi connectivity index (χ3v) is 14.6. The number of pyridine rings is 1. The van der Waals surface area contributed by atoms with Crippen molar-refractivity contribution in [3.8, 4) is 28.5 Å². The minimum atomic E-state index is -1.36. The summed E-state index contributed by atoms with van der Waals surface area (Å²) in [5.74, 6) is -4.37. The van der Waals surface area contributed by atoms with Crippen molar-refractivity contribution in [1.29, 1.82) is 0 Å². The van der Waals surface area contributed by atoms with Gasteiger partial charge in [0.05, 0.1) is 100 Å². The van der Waals surface area contributed by atoms with E-state index in [-0.39, 0.29) is 129 Å². The number of rotatable bonds is 40. The van der Waals surface area contributed by atoms with Crippen LogP contribution >= 0.6 is 0 Å². The fraction of sp³-hybridized carbons (Fsp3) is 0.409. The number of anilines is 1. The zero-order valence-electron chi connectivity index (χ0n) is 53.4. The number of nitrogens with zero attached hydrogens (tertiary/aromatic N) is 5. The number of hydrogen-bond acceptors (Lipinski definition) is 19. The number of carboxylic acid groups (broad SMARTS) is 1. The Labute approximate surface area is 548 Å². The normalized spacial score (nSPS) is 12.9. The molecule has 0 fully saturated rings. The number of imidazole rings is 1. The Morgan fingerprint density at radius 3 is 2.05 bits per heavy atom. The smallest absolute Gasteiger partial charge is 0.407 e. The van der Waals surface area contributed by atoms with Gasteiger partial charge in [-0.1, -0.05) is 62.4 Å². The molecule has 1 aliphatic heterocycles. The van der Waals surface area contributed by atoms with Crippen LogP contribution in [0.25, 0.3) is 33.7 Å². The Balaban J connectivity index is 0.831. The van der Waals surface area contributed by atoms with Crippen LogP contribution in [0.15, 0.2) is 103 Å². The Morgan fingerprint density at radius 1 is 0.674 bits per heavy atom.